The van der Waals surface area contributed by atoms with E-state index in [4.69, 9.17) is 16.3 Å². The highest BCUT2D eigenvalue weighted by molar-refractivity contribution is 6.31. The molecule has 0 aromatic heterocycles. The van der Waals surface area contributed by atoms with Gasteiger partial charge in [-0.05, 0) is 12.1 Å². The van der Waals surface area contributed by atoms with Crippen molar-refractivity contribution in [3.63, 3.8) is 0 Å². The molecule has 0 bridgehead atoms. The summed E-state index contributed by atoms with van der Waals surface area (Å²) < 4.78 is 18.7. The average molecular weight is 344 g/mol. The van der Waals surface area contributed by atoms with Crippen molar-refractivity contribution in [3.8, 4) is 0 Å². The number of amides is 1. The normalized spacial score (nSPS) is 15.9. The molecule has 0 saturated carbocycles. The molecule has 1 saturated heterocycles. The maximum absolute atomic E-state index is 13.8. The molecular weight excluding hydrogens is 321 g/mol. The number of rotatable bonds is 7. The van der Waals surface area contributed by atoms with Crippen LogP contribution in [0.4, 0.5) is 4.39 Å². The van der Waals surface area contributed by atoms with E-state index in [1.807, 2.05) is 4.90 Å². The van der Waals surface area contributed by atoms with Gasteiger partial charge < -0.3 is 15.0 Å². The Morgan fingerprint density at radius 3 is 2.74 bits per heavy atom. The third-order valence-corrected chi connectivity index (χ3v) is 4.28. The predicted molar refractivity (Wildman–Crippen MR) is 88.0 cm³/mol. The molecular formula is C16H23ClFN3O2. The maximum Gasteiger partial charge on any atom is 0.236 e. The summed E-state index contributed by atoms with van der Waals surface area (Å²) in [5.41, 5.74) is 0.523. The Balaban J connectivity index is 1.76. The van der Waals surface area contributed by atoms with Gasteiger partial charge in [0, 0.05) is 57.0 Å². The van der Waals surface area contributed by atoms with Crippen LogP contribution in [-0.4, -0.2) is 68.7 Å². The van der Waals surface area contributed by atoms with Gasteiger partial charge in [0.2, 0.25) is 5.91 Å². The van der Waals surface area contributed by atoms with Gasteiger partial charge in [0.25, 0.3) is 0 Å². The average Bonchev–Trinajstić information content (AvgIpc) is 2.55. The lowest BCUT2D eigenvalue weighted by molar-refractivity contribution is -0.132. The monoisotopic (exact) mass is 343 g/mol. The zero-order valence-corrected chi connectivity index (χ0v) is 14.1. The summed E-state index contributed by atoms with van der Waals surface area (Å²) in [5.74, 6) is -0.192. The number of benzene rings is 1. The molecule has 5 nitrogen and oxygen atoms in total. The lowest BCUT2D eigenvalue weighted by Crippen LogP contribution is -2.50. The van der Waals surface area contributed by atoms with Gasteiger partial charge in [-0.15, -0.1) is 0 Å². The summed E-state index contributed by atoms with van der Waals surface area (Å²) >= 11 is 6.06. The van der Waals surface area contributed by atoms with Gasteiger partial charge in [-0.2, -0.15) is 0 Å². The van der Waals surface area contributed by atoms with Gasteiger partial charge in [0.15, 0.2) is 0 Å². The van der Waals surface area contributed by atoms with Crippen LogP contribution < -0.4 is 5.32 Å². The van der Waals surface area contributed by atoms with E-state index >= 15 is 0 Å². The van der Waals surface area contributed by atoms with Gasteiger partial charge >= 0.3 is 0 Å². The van der Waals surface area contributed by atoms with Crippen molar-refractivity contribution in [1.82, 2.24) is 15.1 Å². The molecule has 0 spiro atoms. The van der Waals surface area contributed by atoms with Crippen LogP contribution in [0.5, 0.6) is 0 Å². The fraction of sp³-hybridized carbons (Fsp3) is 0.562. The number of hydrogen-bond acceptors (Lipinski definition) is 4. The van der Waals surface area contributed by atoms with Crippen molar-refractivity contribution in [1.29, 1.82) is 0 Å². The molecule has 0 aliphatic carbocycles. The number of carbonyl (C=O) groups is 1. The molecule has 1 fully saturated rings. The summed E-state index contributed by atoms with van der Waals surface area (Å²) in [5, 5.41) is 3.50. The standard InChI is InChI=1S/C16H23ClFN3O2/c1-23-10-5-19-11-16(22)21-8-6-20(7-9-21)12-13-14(17)3-2-4-15(13)18/h2-4,19H,5-12H2,1H3. The van der Waals surface area contributed by atoms with Crippen LogP contribution in [0.2, 0.25) is 5.02 Å². The van der Waals surface area contributed by atoms with Crippen LogP contribution in [0, 0.1) is 5.82 Å². The molecule has 2 rings (SSSR count). The van der Waals surface area contributed by atoms with Crippen molar-refractivity contribution in [2.45, 2.75) is 6.54 Å². The Morgan fingerprint density at radius 1 is 1.35 bits per heavy atom. The highest BCUT2D eigenvalue weighted by atomic mass is 35.5. The molecule has 23 heavy (non-hydrogen) atoms. The van der Waals surface area contributed by atoms with Crippen LogP contribution >= 0.6 is 11.6 Å². The molecule has 0 atom stereocenters. The van der Waals surface area contributed by atoms with Crippen molar-refractivity contribution in [3.05, 3.63) is 34.6 Å². The highest BCUT2D eigenvalue weighted by Crippen LogP contribution is 2.21. The minimum atomic E-state index is -0.279. The zero-order valence-electron chi connectivity index (χ0n) is 13.4. The molecule has 1 heterocycles. The zero-order chi connectivity index (χ0) is 16.7. The Labute approximate surface area is 141 Å². The first-order chi connectivity index (χ1) is 11.1. The fourth-order valence-electron chi connectivity index (χ4n) is 2.54. The first-order valence-corrected chi connectivity index (χ1v) is 8.12. The Bertz CT molecular complexity index is 502. The lowest BCUT2D eigenvalue weighted by atomic mass is 10.2. The summed E-state index contributed by atoms with van der Waals surface area (Å²) in [4.78, 5) is 16.0. The van der Waals surface area contributed by atoms with E-state index in [1.54, 1.807) is 19.2 Å². The van der Waals surface area contributed by atoms with Crippen LogP contribution in [0.15, 0.2) is 18.2 Å². The molecule has 1 N–H and O–H groups in total. The number of piperazine rings is 1. The molecule has 1 amide bonds. The number of nitrogens with one attached hydrogen (secondary N) is 1. The van der Waals surface area contributed by atoms with Gasteiger partial charge in [-0.3, -0.25) is 9.69 Å². The fourth-order valence-corrected chi connectivity index (χ4v) is 2.77. The van der Waals surface area contributed by atoms with E-state index < -0.39 is 0 Å². The molecule has 0 unspecified atom stereocenters. The van der Waals surface area contributed by atoms with E-state index in [0.29, 0.717) is 63.0 Å². The summed E-state index contributed by atoms with van der Waals surface area (Å²) in [6, 6.07) is 4.73. The summed E-state index contributed by atoms with van der Waals surface area (Å²) in [7, 11) is 1.63. The third-order valence-electron chi connectivity index (χ3n) is 3.93. The van der Waals surface area contributed by atoms with Gasteiger partial charge in [0.1, 0.15) is 5.82 Å². The van der Waals surface area contributed by atoms with E-state index in [0.717, 1.165) is 0 Å². The molecule has 1 aliphatic rings. The highest BCUT2D eigenvalue weighted by Gasteiger charge is 2.22. The number of ether oxygens (including phenoxy) is 1. The Hall–Kier alpha value is -1.21. The van der Waals surface area contributed by atoms with E-state index in [2.05, 4.69) is 10.2 Å². The second kappa shape index (κ2) is 9.17. The Kier molecular flexibility index (Phi) is 7.23. The van der Waals surface area contributed by atoms with Gasteiger partial charge in [0.05, 0.1) is 13.2 Å². The maximum atomic E-state index is 13.8. The van der Waals surface area contributed by atoms with Gasteiger partial charge in [-0.25, -0.2) is 4.39 Å². The SMILES string of the molecule is COCCNCC(=O)N1CCN(Cc2c(F)cccc2Cl)CC1. The third kappa shape index (κ3) is 5.42. The van der Waals surface area contributed by atoms with Crippen LogP contribution in [0.25, 0.3) is 0 Å². The number of methoxy groups -OCH3 is 1. The first kappa shape index (κ1) is 18.1. The first-order valence-electron chi connectivity index (χ1n) is 7.74. The smallest absolute Gasteiger partial charge is 0.236 e. The van der Waals surface area contributed by atoms with Crippen molar-refractivity contribution in [2.24, 2.45) is 0 Å². The van der Waals surface area contributed by atoms with Crippen LogP contribution in [-0.2, 0) is 16.1 Å². The van der Waals surface area contributed by atoms with Crippen molar-refractivity contribution < 1.29 is 13.9 Å². The van der Waals surface area contributed by atoms with Crippen LogP contribution in [0.1, 0.15) is 5.56 Å². The van der Waals surface area contributed by atoms with Crippen molar-refractivity contribution in [2.75, 3.05) is 53.0 Å². The summed E-state index contributed by atoms with van der Waals surface area (Å²) in [6.45, 7) is 4.78. The van der Waals surface area contributed by atoms with E-state index in [1.165, 1.54) is 6.07 Å². The topological polar surface area (TPSA) is 44.8 Å². The number of hydrogen-bond donors (Lipinski definition) is 1. The van der Waals surface area contributed by atoms with E-state index in [9.17, 15) is 9.18 Å². The molecule has 7 heteroatoms. The van der Waals surface area contributed by atoms with Crippen LogP contribution in [0.3, 0.4) is 0 Å². The lowest BCUT2D eigenvalue weighted by Gasteiger charge is -2.35. The molecule has 0 radical (unpaired) electrons. The molecule has 128 valence electrons. The number of nitrogens with zero attached hydrogens (tertiary/aromatic N) is 2. The predicted octanol–water partition coefficient (Wildman–Crippen LogP) is 1.36. The largest absolute Gasteiger partial charge is 0.383 e. The second-order valence-corrected chi connectivity index (χ2v) is 5.93. The minimum Gasteiger partial charge on any atom is -0.383 e. The quantitative estimate of drug-likeness (QED) is 0.759. The summed E-state index contributed by atoms with van der Waals surface area (Å²) in [6.07, 6.45) is 0. The van der Waals surface area contributed by atoms with E-state index in [-0.39, 0.29) is 11.7 Å². The van der Waals surface area contributed by atoms with Crippen molar-refractivity contribution >= 4 is 17.5 Å². The minimum absolute atomic E-state index is 0.0877. The second-order valence-electron chi connectivity index (χ2n) is 5.53. The van der Waals surface area contributed by atoms with Gasteiger partial charge in [-0.1, -0.05) is 17.7 Å². The number of halogens is 2. The Morgan fingerprint density at radius 2 is 2.09 bits per heavy atom. The molecule has 1 aromatic rings. The molecule has 1 aliphatic heterocycles. The molecule has 1 aromatic carbocycles. The number of carbonyl (C=O) groups excluding carboxylic acids is 1.